The zero-order chi connectivity index (χ0) is 18.7. The summed E-state index contributed by atoms with van der Waals surface area (Å²) in [6, 6.07) is 13.1. The summed E-state index contributed by atoms with van der Waals surface area (Å²) in [5, 5.41) is 11.3. The van der Waals surface area contributed by atoms with Crippen molar-refractivity contribution in [1.29, 1.82) is 0 Å². The lowest BCUT2D eigenvalue weighted by Gasteiger charge is -2.12. The van der Waals surface area contributed by atoms with E-state index in [-0.39, 0.29) is 24.4 Å². The first kappa shape index (κ1) is 17.8. The molecular formula is C20H22N4O2. The standard InChI is InChI=1S/C20H22N4O2/c1-13(2)15-8-9-17(14(3)12-15)21-19(25)10-11-24-20(26)16-6-4-5-7-18(16)22-23-24/h4-9,12-13H,10-11H2,1-3H3,(H,21,25). The molecule has 0 radical (unpaired) electrons. The first-order valence-electron chi connectivity index (χ1n) is 8.68. The van der Waals surface area contributed by atoms with E-state index in [0.29, 0.717) is 16.8 Å². The lowest BCUT2D eigenvalue weighted by Crippen LogP contribution is -2.26. The van der Waals surface area contributed by atoms with Crippen LogP contribution in [-0.4, -0.2) is 20.9 Å². The van der Waals surface area contributed by atoms with Crippen LogP contribution in [0.2, 0.25) is 0 Å². The maximum Gasteiger partial charge on any atom is 0.277 e. The van der Waals surface area contributed by atoms with Crippen LogP contribution in [0.3, 0.4) is 0 Å². The molecular weight excluding hydrogens is 328 g/mol. The molecule has 0 aliphatic carbocycles. The molecule has 0 saturated carbocycles. The number of amides is 1. The zero-order valence-electron chi connectivity index (χ0n) is 15.2. The number of aromatic nitrogens is 3. The molecule has 0 fully saturated rings. The molecule has 1 heterocycles. The zero-order valence-corrected chi connectivity index (χ0v) is 15.2. The number of carbonyl (C=O) groups is 1. The molecule has 0 saturated heterocycles. The highest BCUT2D eigenvalue weighted by Crippen LogP contribution is 2.21. The molecule has 0 aliphatic rings. The monoisotopic (exact) mass is 350 g/mol. The number of hydrogen-bond donors (Lipinski definition) is 1. The predicted molar refractivity (Wildman–Crippen MR) is 102 cm³/mol. The van der Waals surface area contributed by atoms with Gasteiger partial charge < -0.3 is 5.32 Å². The Morgan fingerprint density at radius 1 is 1.19 bits per heavy atom. The van der Waals surface area contributed by atoms with Gasteiger partial charge in [0.15, 0.2) is 0 Å². The molecule has 134 valence electrons. The number of carbonyl (C=O) groups excluding carboxylic acids is 1. The Kier molecular flexibility index (Phi) is 5.11. The van der Waals surface area contributed by atoms with E-state index in [4.69, 9.17) is 0 Å². The summed E-state index contributed by atoms with van der Waals surface area (Å²) >= 11 is 0. The van der Waals surface area contributed by atoms with Crippen molar-refractivity contribution in [2.75, 3.05) is 5.32 Å². The van der Waals surface area contributed by atoms with E-state index in [2.05, 4.69) is 35.5 Å². The molecule has 6 heteroatoms. The summed E-state index contributed by atoms with van der Waals surface area (Å²) in [7, 11) is 0. The molecule has 0 aliphatic heterocycles. The number of aryl methyl sites for hydroxylation is 2. The largest absolute Gasteiger partial charge is 0.326 e. The van der Waals surface area contributed by atoms with Gasteiger partial charge in [0.1, 0.15) is 5.52 Å². The van der Waals surface area contributed by atoms with Crippen molar-refractivity contribution in [2.24, 2.45) is 0 Å². The molecule has 3 rings (SSSR count). The predicted octanol–water partition coefficient (Wildman–Crippen LogP) is 3.25. The van der Waals surface area contributed by atoms with Crippen LogP contribution in [-0.2, 0) is 11.3 Å². The quantitative estimate of drug-likeness (QED) is 0.766. The van der Waals surface area contributed by atoms with Crippen LogP contribution in [0.15, 0.2) is 47.3 Å². The van der Waals surface area contributed by atoms with Crippen LogP contribution in [0.4, 0.5) is 5.69 Å². The maximum atomic E-state index is 12.4. The first-order chi connectivity index (χ1) is 12.5. The number of fused-ring (bicyclic) bond motifs is 1. The number of benzene rings is 2. The molecule has 26 heavy (non-hydrogen) atoms. The molecule has 2 aromatic carbocycles. The van der Waals surface area contributed by atoms with E-state index in [9.17, 15) is 9.59 Å². The second kappa shape index (κ2) is 7.47. The average Bonchev–Trinajstić information content (AvgIpc) is 2.63. The highest BCUT2D eigenvalue weighted by atomic mass is 16.2. The van der Waals surface area contributed by atoms with E-state index < -0.39 is 0 Å². The Balaban J connectivity index is 1.68. The second-order valence-corrected chi connectivity index (χ2v) is 6.66. The third-order valence-electron chi connectivity index (χ3n) is 4.37. The van der Waals surface area contributed by atoms with Crippen molar-refractivity contribution in [3.8, 4) is 0 Å². The van der Waals surface area contributed by atoms with Gasteiger partial charge in [0, 0.05) is 12.1 Å². The number of hydrogen-bond acceptors (Lipinski definition) is 4. The van der Waals surface area contributed by atoms with E-state index in [1.54, 1.807) is 24.3 Å². The minimum absolute atomic E-state index is 0.151. The van der Waals surface area contributed by atoms with Gasteiger partial charge in [-0.1, -0.05) is 43.3 Å². The van der Waals surface area contributed by atoms with E-state index in [0.717, 1.165) is 11.3 Å². The Labute approximate surface area is 151 Å². The number of rotatable bonds is 5. The molecule has 1 aromatic heterocycles. The van der Waals surface area contributed by atoms with Crippen molar-refractivity contribution in [2.45, 2.75) is 39.7 Å². The average molecular weight is 350 g/mol. The van der Waals surface area contributed by atoms with Gasteiger partial charge in [0.25, 0.3) is 5.56 Å². The molecule has 0 spiro atoms. The Hall–Kier alpha value is -3.02. The Morgan fingerprint density at radius 2 is 1.96 bits per heavy atom. The van der Waals surface area contributed by atoms with E-state index >= 15 is 0 Å². The lowest BCUT2D eigenvalue weighted by atomic mass is 10.0. The van der Waals surface area contributed by atoms with Crippen LogP contribution in [0.25, 0.3) is 10.9 Å². The minimum atomic E-state index is -0.235. The third kappa shape index (κ3) is 3.79. The molecule has 0 atom stereocenters. The van der Waals surface area contributed by atoms with Gasteiger partial charge in [-0.15, -0.1) is 5.10 Å². The summed E-state index contributed by atoms with van der Waals surface area (Å²) in [6.07, 6.45) is 0.151. The first-order valence-corrected chi connectivity index (χ1v) is 8.68. The third-order valence-corrected chi connectivity index (χ3v) is 4.37. The number of anilines is 1. The van der Waals surface area contributed by atoms with Gasteiger partial charge in [-0.2, -0.15) is 0 Å². The summed E-state index contributed by atoms with van der Waals surface area (Å²) in [6.45, 7) is 6.43. The van der Waals surface area contributed by atoms with Gasteiger partial charge in [0.2, 0.25) is 5.91 Å². The summed E-state index contributed by atoms with van der Waals surface area (Å²) in [5.41, 5.74) is 3.36. The van der Waals surface area contributed by atoms with Crippen molar-refractivity contribution < 1.29 is 4.79 Å². The fourth-order valence-corrected chi connectivity index (χ4v) is 2.78. The fourth-order valence-electron chi connectivity index (χ4n) is 2.78. The normalized spacial score (nSPS) is 11.1. The van der Waals surface area contributed by atoms with Crippen LogP contribution in [0.5, 0.6) is 0 Å². The van der Waals surface area contributed by atoms with Crippen LogP contribution < -0.4 is 10.9 Å². The second-order valence-electron chi connectivity index (χ2n) is 6.66. The molecule has 1 N–H and O–H groups in total. The summed E-state index contributed by atoms with van der Waals surface area (Å²) in [4.78, 5) is 24.6. The van der Waals surface area contributed by atoms with Gasteiger partial charge in [-0.25, -0.2) is 4.68 Å². The number of nitrogens with one attached hydrogen (secondary N) is 1. The molecule has 0 bridgehead atoms. The minimum Gasteiger partial charge on any atom is -0.326 e. The Bertz CT molecular complexity index is 1010. The highest BCUT2D eigenvalue weighted by molar-refractivity contribution is 5.91. The van der Waals surface area contributed by atoms with Crippen LogP contribution >= 0.6 is 0 Å². The SMILES string of the molecule is Cc1cc(C(C)C)ccc1NC(=O)CCn1nnc2ccccc2c1=O. The smallest absolute Gasteiger partial charge is 0.277 e. The van der Waals surface area contributed by atoms with Crippen LogP contribution in [0.1, 0.15) is 37.3 Å². The van der Waals surface area contributed by atoms with Crippen LogP contribution in [0, 0.1) is 6.92 Å². The van der Waals surface area contributed by atoms with Crippen molar-refractivity contribution in [3.05, 3.63) is 63.9 Å². The molecule has 1 amide bonds. The van der Waals surface area contributed by atoms with Gasteiger partial charge >= 0.3 is 0 Å². The molecule has 6 nitrogen and oxygen atoms in total. The molecule has 3 aromatic rings. The van der Waals surface area contributed by atoms with E-state index in [1.165, 1.54) is 10.2 Å². The van der Waals surface area contributed by atoms with Gasteiger partial charge in [-0.3, -0.25) is 9.59 Å². The topological polar surface area (TPSA) is 76.9 Å². The highest BCUT2D eigenvalue weighted by Gasteiger charge is 2.10. The van der Waals surface area contributed by atoms with Crippen molar-refractivity contribution >= 4 is 22.5 Å². The van der Waals surface area contributed by atoms with E-state index in [1.807, 2.05) is 19.1 Å². The Morgan fingerprint density at radius 3 is 2.69 bits per heavy atom. The van der Waals surface area contributed by atoms with Crippen molar-refractivity contribution in [1.82, 2.24) is 15.0 Å². The lowest BCUT2D eigenvalue weighted by molar-refractivity contribution is -0.116. The summed E-state index contributed by atoms with van der Waals surface area (Å²) < 4.78 is 1.23. The number of nitrogens with zero attached hydrogens (tertiary/aromatic N) is 3. The van der Waals surface area contributed by atoms with Gasteiger partial charge in [-0.05, 0) is 42.2 Å². The fraction of sp³-hybridized carbons (Fsp3) is 0.300. The van der Waals surface area contributed by atoms with Gasteiger partial charge in [0.05, 0.1) is 11.9 Å². The van der Waals surface area contributed by atoms with Crippen molar-refractivity contribution in [3.63, 3.8) is 0 Å². The molecule has 0 unspecified atom stereocenters. The maximum absolute atomic E-state index is 12.4. The summed E-state index contributed by atoms with van der Waals surface area (Å²) in [5.74, 6) is 0.282.